The number of carboxylic acid groups (broad SMARTS) is 1. The molecule has 0 radical (unpaired) electrons. The first kappa shape index (κ1) is 25.6. The summed E-state index contributed by atoms with van der Waals surface area (Å²) in [7, 11) is 1.56. The molecule has 1 N–H and O–H groups in total. The van der Waals surface area contributed by atoms with E-state index >= 15 is 0 Å². The number of rotatable bonds is 8. The molecule has 0 bridgehead atoms. The minimum Gasteiger partial charge on any atom is -0.497 e. The van der Waals surface area contributed by atoms with E-state index in [0.29, 0.717) is 37.0 Å². The summed E-state index contributed by atoms with van der Waals surface area (Å²) in [6, 6.07) is 11.3. The quantitative estimate of drug-likeness (QED) is 0.403. The second-order valence-electron chi connectivity index (χ2n) is 8.41. The third-order valence-electron chi connectivity index (χ3n) is 5.93. The molecule has 1 heterocycles. The summed E-state index contributed by atoms with van der Waals surface area (Å²) in [5.74, 6) is -0.904. The molecule has 1 aromatic heterocycles. The molecule has 4 rings (SSSR count). The molecule has 1 aliphatic carbocycles. The normalized spacial score (nSPS) is 18.0. The topological polar surface area (TPSA) is 95.7 Å². The summed E-state index contributed by atoms with van der Waals surface area (Å²) < 4.78 is 54.5. The second-order valence-corrected chi connectivity index (χ2v) is 8.85. The number of alkyl halides is 3. The van der Waals surface area contributed by atoms with Gasteiger partial charge in [-0.25, -0.2) is 9.48 Å². The van der Waals surface area contributed by atoms with Gasteiger partial charge in [0.1, 0.15) is 17.6 Å². The van der Waals surface area contributed by atoms with E-state index in [9.17, 15) is 23.1 Å². The Bertz CT molecular complexity index is 1210. The Kier molecular flexibility index (Phi) is 7.58. The fourth-order valence-corrected chi connectivity index (χ4v) is 4.48. The van der Waals surface area contributed by atoms with Gasteiger partial charge in [0, 0.05) is 5.02 Å². The number of nitrogens with zero attached hydrogens (tertiary/aromatic N) is 3. The van der Waals surface area contributed by atoms with Gasteiger partial charge in [-0.05, 0) is 73.1 Å². The lowest BCUT2D eigenvalue weighted by Gasteiger charge is -2.29. The van der Waals surface area contributed by atoms with E-state index < -0.39 is 12.3 Å². The number of ether oxygens (including phenoxy) is 3. The number of aromatic carboxylic acids is 1. The van der Waals surface area contributed by atoms with Gasteiger partial charge in [-0.2, -0.15) is 0 Å². The zero-order valence-corrected chi connectivity index (χ0v) is 19.9. The van der Waals surface area contributed by atoms with Crippen LogP contribution >= 0.6 is 11.6 Å². The Labute approximate surface area is 209 Å². The van der Waals surface area contributed by atoms with Gasteiger partial charge in [0.2, 0.25) is 11.6 Å². The van der Waals surface area contributed by atoms with Crippen LogP contribution in [0.25, 0.3) is 0 Å². The Hall–Kier alpha value is -3.47. The molecular weight excluding hydrogens is 503 g/mol. The number of benzene rings is 2. The molecule has 0 spiro atoms. The third-order valence-corrected chi connectivity index (χ3v) is 6.15. The first-order valence-corrected chi connectivity index (χ1v) is 11.5. The van der Waals surface area contributed by atoms with Gasteiger partial charge in [-0.15, -0.1) is 18.3 Å². The zero-order valence-electron chi connectivity index (χ0n) is 19.2. The lowest BCUT2D eigenvalue weighted by molar-refractivity contribution is -0.274. The van der Waals surface area contributed by atoms with Gasteiger partial charge in [0.05, 0.1) is 13.7 Å². The van der Waals surface area contributed by atoms with Crippen molar-refractivity contribution < 1.29 is 37.3 Å². The predicted octanol–water partition coefficient (Wildman–Crippen LogP) is 5.69. The van der Waals surface area contributed by atoms with Crippen LogP contribution in [0.1, 0.15) is 53.2 Å². The van der Waals surface area contributed by atoms with Crippen molar-refractivity contribution in [3.8, 4) is 17.4 Å². The van der Waals surface area contributed by atoms with Gasteiger partial charge < -0.3 is 19.3 Å². The Morgan fingerprint density at radius 3 is 2.42 bits per heavy atom. The number of aromatic nitrogens is 3. The van der Waals surface area contributed by atoms with Crippen LogP contribution in [0.5, 0.6) is 17.4 Å². The highest BCUT2D eigenvalue weighted by Gasteiger charge is 2.32. The van der Waals surface area contributed by atoms with Crippen LogP contribution in [0.2, 0.25) is 5.02 Å². The van der Waals surface area contributed by atoms with E-state index in [1.54, 1.807) is 25.3 Å². The average Bonchev–Trinajstić information content (AvgIpc) is 3.21. The maximum atomic E-state index is 12.6. The summed E-state index contributed by atoms with van der Waals surface area (Å²) in [4.78, 5) is 11.7. The second kappa shape index (κ2) is 10.7. The molecule has 36 heavy (non-hydrogen) atoms. The molecule has 2 aromatic carbocycles. The molecular formula is C24H23ClF3N3O5. The summed E-state index contributed by atoms with van der Waals surface area (Å²) in [5.41, 5.74) is 1.22. The number of carboxylic acids is 1. The molecule has 8 nitrogen and oxygen atoms in total. The van der Waals surface area contributed by atoms with Gasteiger partial charge in [0.25, 0.3) is 0 Å². The van der Waals surface area contributed by atoms with Crippen LogP contribution in [0.3, 0.4) is 0 Å². The van der Waals surface area contributed by atoms with Crippen molar-refractivity contribution in [3.63, 3.8) is 0 Å². The molecule has 0 aliphatic heterocycles. The minimum atomic E-state index is -4.81. The maximum Gasteiger partial charge on any atom is 0.573 e. The first-order chi connectivity index (χ1) is 17.1. The van der Waals surface area contributed by atoms with Crippen LogP contribution in [-0.4, -0.2) is 45.6 Å². The van der Waals surface area contributed by atoms with E-state index in [1.165, 1.54) is 10.7 Å². The Morgan fingerprint density at radius 1 is 1.11 bits per heavy atom. The molecule has 0 amide bonds. The van der Waals surface area contributed by atoms with Crippen LogP contribution in [-0.2, 0) is 6.54 Å². The van der Waals surface area contributed by atoms with Crippen molar-refractivity contribution in [2.24, 2.45) is 0 Å². The fraction of sp³-hybridized carbons (Fsp3) is 0.375. The van der Waals surface area contributed by atoms with Crippen LogP contribution in [0, 0.1) is 0 Å². The molecule has 3 aromatic rings. The summed E-state index contributed by atoms with van der Waals surface area (Å²) in [6.07, 6.45) is -2.79. The largest absolute Gasteiger partial charge is 0.573 e. The van der Waals surface area contributed by atoms with Crippen LogP contribution in [0.15, 0.2) is 42.5 Å². The number of methoxy groups -OCH3 is 1. The molecule has 12 heteroatoms. The van der Waals surface area contributed by atoms with Gasteiger partial charge in [-0.1, -0.05) is 28.9 Å². The van der Waals surface area contributed by atoms with Gasteiger partial charge >= 0.3 is 12.3 Å². The lowest BCUT2D eigenvalue weighted by Crippen LogP contribution is -2.25. The molecule has 192 valence electrons. The molecule has 1 aliphatic rings. The SMILES string of the molecule is COc1ccc(Cn2nnc(C(=O)O)c2OC2CCC(c3cc(Cl)cc(OC(F)(F)F)c3)CC2)cc1. The van der Waals surface area contributed by atoms with Gasteiger partial charge in [0.15, 0.2) is 0 Å². The minimum absolute atomic E-state index is 0.0413. The Morgan fingerprint density at radius 2 is 1.81 bits per heavy atom. The smallest absolute Gasteiger partial charge is 0.497 e. The lowest BCUT2D eigenvalue weighted by atomic mass is 9.82. The zero-order chi connectivity index (χ0) is 25.9. The maximum absolute atomic E-state index is 12.6. The summed E-state index contributed by atoms with van der Waals surface area (Å²) in [6.45, 7) is 0.249. The van der Waals surface area contributed by atoms with Crippen molar-refractivity contribution in [3.05, 3.63) is 64.3 Å². The standard InChI is InChI=1S/C24H23ClF3N3O5/c1-34-18-6-2-14(3-7-18)13-31-22(21(23(32)33)29-30-31)35-19-8-4-15(5-9-19)16-10-17(25)12-20(11-16)36-24(26,27)28/h2-3,6-7,10-12,15,19H,4-5,8-9,13H2,1H3,(H,32,33). The van der Waals surface area contributed by atoms with E-state index in [2.05, 4.69) is 15.0 Å². The van der Waals surface area contributed by atoms with Crippen molar-refractivity contribution in [1.29, 1.82) is 0 Å². The number of carbonyl (C=O) groups is 1. The highest BCUT2D eigenvalue weighted by molar-refractivity contribution is 6.30. The highest BCUT2D eigenvalue weighted by Crippen LogP contribution is 2.38. The monoisotopic (exact) mass is 525 g/mol. The van der Waals surface area contributed by atoms with Crippen molar-refractivity contribution in [2.75, 3.05) is 7.11 Å². The third kappa shape index (κ3) is 6.39. The number of hydrogen-bond acceptors (Lipinski definition) is 6. The molecule has 0 unspecified atom stereocenters. The predicted molar refractivity (Wildman–Crippen MR) is 123 cm³/mol. The van der Waals surface area contributed by atoms with Crippen LogP contribution < -0.4 is 14.2 Å². The van der Waals surface area contributed by atoms with E-state index in [4.69, 9.17) is 21.1 Å². The van der Waals surface area contributed by atoms with Crippen molar-refractivity contribution in [2.45, 2.75) is 50.6 Å². The van der Waals surface area contributed by atoms with Crippen molar-refractivity contribution >= 4 is 17.6 Å². The van der Waals surface area contributed by atoms with E-state index in [1.807, 2.05) is 12.1 Å². The molecule has 1 saturated carbocycles. The summed E-state index contributed by atoms with van der Waals surface area (Å²) in [5, 5.41) is 17.4. The fourth-order valence-electron chi connectivity index (χ4n) is 4.25. The first-order valence-electron chi connectivity index (χ1n) is 11.1. The molecule has 1 fully saturated rings. The summed E-state index contributed by atoms with van der Waals surface area (Å²) >= 11 is 6.02. The van der Waals surface area contributed by atoms with E-state index in [0.717, 1.165) is 11.6 Å². The van der Waals surface area contributed by atoms with Crippen LogP contribution in [0.4, 0.5) is 13.2 Å². The molecule has 0 atom stereocenters. The highest BCUT2D eigenvalue weighted by atomic mass is 35.5. The van der Waals surface area contributed by atoms with E-state index in [-0.39, 0.29) is 40.9 Å². The average molecular weight is 526 g/mol. The number of halogens is 4. The Balaban J connectivity index is 1.44. The number of hydrogen-bond donors (Lipinski definition) is 1. The van der Waals surface area contributed by atoms with Crippen molar-refractivity contribution in [1.82, 2.24) is 15.0 Å². The van der Waals surface area contributed by atoms with Gasteiger partial charge in [-0.3, -0.25) is 0 Å². The molecule has 0 saturated heterocycles.